The Hall–Kier alpha value is -1.46. The van der Waals surface area contributed by atoms with Crippen LogP contribution in [0.4, 0.5) is 0 Å². The first kappa shape index (κ1) is 13.0. The van der Waals surface area contributed by atoms with E-state index in [1.54, 1.807) is 23.3 Å². The van der Waals surface area contributed by atoms with Gasteiger partial charge in [-0.2, -0.15) is 0 Å². The van der Waals surface area contributed by atoms with Gasteiger partial charge in [0.15, 0.2) is 0 Å². The van der Waals surface area contributed by atoms with Gasteiger partial charge in [0.25, 0.3) is 5.91 Å². The SMILES string of the molecule is CC(c1cccs1)N(C)C(=O)c1cnc(Cl)cn1. The van der Waals surface area contributed by atoms with Gasteiger partial charge in [-0.1, -0.05) is 17.7 Å². The van der Waals surface area contributed by atoms with Crippen LogP contribution in [-0.4, -0.2) is 27.8 Å². The molecule has 1 unspecified atom stereocenters. The maximum atomic E-state index is 12.2. The number of carbonyl (C=O) groups is 1. The van der Waals surface area contributed by atoms with Gasteiger partial charge in [0, 0.05) is 11.9 Å². The largest absolute Gasteiger partial charge is 0.333 e. The van der Waals surface area contributed by atoms with Gasteiger partial charge in [-0.15, -0.1) is 11.3 Å². The maximum Gasteiger partial charge on any atom is 0.274 e. The second kappa shape index (κ2) is 5.46. The Bertz CT molecular complexity index is 527. The number of carbonyl (C=O) groups excluding carboxylic acids is 1. The van der Waals surface area contributed by atoms with E-state index in [0.717, 1.165) is 4.88 Å². The first-order valence-electron chi connectivity index (χ1n) is 5.37. The molecule has 2 aromatic rings. The molecule has 18 heavy (non-hydrogen) atoms. The quantitative estimate of drug-likeness (QED) is 0.869. The summed E-state index contributed by atoms with van der Waals surface area (Å²) in [5.41, 5.74) is 0.297. The van der Waals surface area contributed by atoms with Crippen LogP contribution in [0.2, 0.25) is 5.15 Å². The lowest BCUT2D eigenvalue weighted by molar-refractivity contribution is 0.0738. The van der Waals surface area contributed by atoms with E-state index in [-0.39, 0.29) is 17.1 Å². The highest BCUT2D eigenvalue weighted by Crippen LogP contribution is 2.24. The summed E-state index contributed by atoms with van der Waals surface area (Å²) in [6.07, 6.45) is 2.76. The van der Waals surface area contributed by atoms with E-state index >= 15 is 0 Å². The average Bonchev–Trinajstić information content (AvgIpc) is 2.91. The molecule has 0 fully saturated rings. The zero-order chi connectivity index (χ0) is 13.1. The molecule has 0 saturated carbocycles. The van der Waals surface area contributed by atoms with Gasteiger partial charge in [0.2, 0.25) is 0 Å². The van der Waals surface area contributed by atoms with Crippen LogP contribution in [0.25, 0.3) is 0 Å². The third-order valence-corrected chi connectivity index (χ3v) is 3.93. The minimum absolute atomic E-state index is 0.00924. The molecule has 0 aromatic carbocycles. The van der Waals surface area contributed by atoms with Crippen molar-refractivity contribution in [1.82, 2.24) is 14.9 Å². The predicted molar refractivity (Wildman–Crippen MR) is 71.9 cm³/mol. The lowest BCUT2D eigenvalue weighted by Crippen LogP contribution is -2.30. The summed E-state index contributed by atoms with van der Waals surface area (Å²) in [6.45, 7) is 1.98. The molecule has 0 radical (unpaired) electrons. The van der Waals surface area contributed by atoms with Crippen LogP contribution in [0.5, 0.6) is 0 Å². The monoisotopic (exact) mass is 281 g/mol. The smallest absolute Gasteiger partial charge is 0.274 e. The van der Waals surface area contributed by atoms with Crippen molar-refractivity contribution in [3.63, 3.8) is 0 Å². The molecule has 0 bridgehead atoms. The molecule has 0 spiro atoms. The highest BCUT2D eigenvalue weighted by molar-refractivity contribution is 7.10. The Balaban J connectivity index is 2.16. The third kappa shape index (κ3) is 2.68. The lowest BCUT2D eigenvalue weighted by atomic mass is 10.2. The molecule has 0 aliphatic heterocycles. The summed E-state index contributed by atoms with van der Waals surface area (Å²) in [7, 11) is 1.75. The minimum atomic E-state index is -0.167. The topological polar surface area (TPSA) is 46.1 Å². The van der Waals surface area contributed by atoms with Gasteiger partial charge < -0.3 is 4.90 Å². The average molecular weight is 282 g/mol. The minimum Gasteiger partial charge on any atom is -0.333 e. The summed E-state index contributed by atoms with van der Waals surface area (Å²) >= 11 is 7.27. The molecule has 2 heterocycles. The van der Waals surface area contributed by atoms with Crippen LogP contribution >= 0.6 is 22.9 Å². The van der Waals surface area contributed by atoms with Gasteiger partial charge in [-0.25, -0.2) is 9.97 Å². The molecule has 1 amide bonds. The molecule has 94 valence electrons. The molecule has 0 aliphatic rings. The fraction of sp³-hybridized carbons (Fsp3) is 0.250. The summed E-state index contributed by atoms with van der Waals surface area (Å²) in [4.78, 5) is 22.8. The number of nitrogens with zero attached hydrogens (tertiary/aromatic N) is 3. The van der Waals surface area contributed by atoms with Crippen molar-refractivity contribution in [2.45, 2.75) is 13.0 Å². The van der Waals surface area contributed by atoms with E-state index in [1.165, 1.54) is 12.4 Å². The van der Waals surface area contributed by atoms with Crippen LogP contribution < -0.4 is 0 Å². The van der Waals surface area contributed by atoms with Crippen LogP contribution in [0.3, 0.4) is 0 Å². The summed E-state index contributed by atoms with van der Waals surface area (Å²) in [5, 5.41) is 2.27. The molecule has 2 aromatic heterocycles. The predicted octanol–water partition coefficient (Wildman–Crippen LogP) is 3.02. The Morgan fingerprint density at radius 1 is 1.44 bits per heavy atom. The molecular formula is C12H12ClN3OS. The number of hydrogen-bond donors (Lipinski definition) is 0. The highest BCUT2D eigenvalue weighted by Gasteiger charge is 2.20. The van der Waals surface area contributed by atoms with E-state index in [4.69, 9.17) is 11.6 Å². The van der Waals surface area contributed by atoms with Crippen molar-refractivity contribution in [2.24, 2.45) is 0 Å². The van der Waals surface area contributed by atoms with Crippen molar-refractivity contribution in [1.29, 1.82) is 0 Å². The van der Waals surface area contributed by atoms with Gasteiger partial charge in [-0.05, 0) is 18.4 Å². The number of aromatic nitrogens is 2. The van der Waals surface area contributed by atoms with Crippen molar-refractivity contribution < 1.29 is 4.79 Å². The van der Waals surface area contributed by atoms with E-state index in [2.05, 4.69) is 9.97 Å². The first-order chi connectivity index (χ1) is 8.59. The Kier molecular flexibility index (Phi) is 3.93. The highest BCUT2D eigenvalue weighted by atomic mass is 35.5. The zero-order valence-electron chi connectivity index (χ0n) is 10.0. The Labute approximate surface area is 114 Å². The molecule has 4 nitrogen and oxygen atoms in total. The summed E-state index contributed by atoms with van der Waals surface area (Å²) in [5.74, 6) is -0.167. The van der Waals surface area contributed by atoms with Gasteiger partial charge in [-0.3, -0.25) is 4.79 Å². The van der Waals surface area contributed by atoms with Crippen molar-refractivity contribution in [2.75, 3.05) is 7.05 Å². The third-order valence-electron chi connectivity index (χ3n) is 2.70. The first-order valence-corrected chi connectivity index (χ1v) is 6.63. The zero-order valence-corrected chi connectivity index (χ0v) is 11.6. The maximum absolute atomic E-state index is 12.2. The van der Waals surface area contributed by atoms with Crippen molar-refractivity contribution in [3.8, 4) is 0 Å². The Morgan fingerprint density at radius 2 is 2.22 bits per heavy atom. The molecule has 6 heteroatoms. The molecule has 1 atom stereocenters. The summed E-state index contributed by atoms with van der Waals surface area (Å²) in [6, 6.07) is 3.98. The fourth-order valence-electron chi connectivity index (χ4n) is 1.50. The molecular weight excluding hydrogens is 270 g/mol. The van der Waals surface area contributed by atoms with E-state index in [9.17, 15) is 4.79 Å². The number of thiophene rings is 1. The van der Waals surface area contributed by atoms with Crippen molar-refractivity contribution in [3.05, 3.63) is 45.6 Å². The molecule has 2 rings (SSSR count). The second-order valence-electron chi connectivity index (χ2n) is 3.83. The molecule has 0 N–H and O–H groups in total. The standard InChI is InChI=1S/C12H12ClN3OS/c1-8(10-4-3-5-18-10)16(2)12(17)9-6-15-11(13)7-14-9/h3-8H,1-2H3. The van der Waals surface area contributed by atoms with Crippen LogP contribution in [-0.2, 0) is 0 Å². The van der Waals surface area contributed by atoms with Crippen LogP contribution in [0.1, 0.15) is 28.3 Å². The number of amides is 1. The van der Waals surface area contributed by atoms with Crippen LogP contribution in [0, 0.1) is 0 Å². The van der Waals surface area contributed by atoms with Gasteiger partial charge in [0.1, 0.15) is 10.8 Å². The van der Waals surface area contributed by atoms with Crippen LogP contribution in [0.15, 0.2) is 29.9 Å². The molecule has 0 aliphatic carbocycles. The normalized spacial score (nSPS) is 12.2. The second-order valence-corrected chi connectivity index (χ2v) is 5.20. The number of halogens is 1. The number of hydrogen-bond acceptors (Lipinski definition) is 4. The lowest BCUT2D eigenvalue weighted by Gasteiger charge is -2.23. The van der Waals surface area contributed by atoms with E-state index in [0.29, 0.717) is 5.69 Å². The van der Waals surface area contributed by atoms with Gasteiger partial charge in [0.05, 0.1) is 18.4 Å². The number of rotatable bonds is 3. The summed E-state index contributed by atoms with van der Waals surface area (Å²) < 4.78 is 0. The molecule has 0 saturated heterocycles. The Morgan fingerprint density at radius 3 is 2.78 bits per heavy atom. The van der Waals surface area contributed by atoms with Gasteiger partial charge >= 0.3 is 0 Å². The van der Waals surface area contributed by atoms with E-state index < -0.39 is 0 Å². The van der Waals surface area contributed by atoms with Crippen molar-refractivity contribution >= 4 is 28.8 Å². The van der Waals surface area contributed by atoms with E-state index in [1.807, 2.05) is 24.4 Å². The fourth-order valence-corrected chi connectivity index (χ4v) is 2.42.